The SMILES string of the molecule is CC(F)C(=O)c1cccc(OC(F)(F)F)c1F. The summed E-state index contributed by atoms with van der Waals surface area (Å²) in [4.78, 5) is 11.1. The Morgan fingerprint density at radius 1 is 1.35 bits per heavy atom. The number of hydrogen-bond donors (Lipinski definition) is 0. The fraction of sp³-hybridized carbons (Fsp3) is 0.300. The van der Waals surface area contributed by atoms with E-state index in [0.29, 0.717) is 6.07 Å². The van der Waals surface area contributed by atoms with Gasteiger partial charge in [-0.05, 0) is 19.1 Å². The van der Waals surface area contributed by atoms with Gasteiger partial charge < -0.3 is 4.74 Å². The highest BCUT2D eigenvalue weighted by atomic mass is 19.4. The molecule has 1 rings (SSSR count). The predicted octanol–water partition coefficient (Wildman–Crippen LogP) is 3.27. The number of Topliss-reactive ketones (excluding diaryl/α,β-unsaturated/α-hetero) is 1. The third kappa shape index (κ3) is 3.40. The molecule has 0 bridgehead atoms. The number of ether oxygens (including phenoxy) is 1. The van der Waals surface area contributed by atoms with Gasteiger partial charge in [0.05, 0.1) is 5.56 Å². The van der Waals surface area contributed by atoms with Crippen molar-refractivity contribution in [2.45, 2.75) is 19.5 Å². The Hall–Kier alpha value is -1.66. The average Bonchev–Trinajstić information content (AvgIpc) is 2.18. The van der Waals surface area contributed by atoms with E-state index in [4.69, 9.17) is 0 Å². The first-order valence-electron chi connectivity index (χ1n) is 4.45. The molecule has 1 aromatic carbocycles. The lowest BCUT2D eigenvalue weighted by Crippen LogP contribution is -2.20. The Bertz CT molecular complexity index is 425. The van der Waals surface area contributed by atoms with Crippen LogP contribution in [0.25, 0.3) is 0 Å². The summed E-state index contributed by atoms with van der Waals surface area (Å²) in [5.74, 6) is -3.93. The second kappa shape index (κ2) is 4.68. The van der Waals surface area contributed by atoms with Crippen molar-refractivity contribution in [1.29, 1.82) is 0 Å². The maximum atomic E-state index is 13.4. The van der Waals surface area contributed by atoms with Gasteiger partial charge in [0.25, 0.3) is 0 Å². The van der Waals surface area contributed by atoms with Gasteiger partial charge in [0.15, 0.2) is 23.5 Å². The number of carbonyl (C=O) groups excluding carboxylic acids is 1. The number of halogens is 5. The minimum Gasteiger partial charge on any atom is -0.403 e. The molecule has 0 radical (unpaired) electrons. The first-order valence-corrected chi connectivity index (χ1v) is 4.45. The smallest absolute Gasteiger partial charge is 0.403 e. The molecule has 0 heterocycles. The zero-order valence-electron chi connectivity index (χ0n) is 8.52. The molecule has 0 aliphatic rings. The summed E-state index contributed by atoms with van der Waals surface area (Å²) in [7, 11) is 0. The van der Waals surface area contributed by atoms with Crippen molar-refractivity contribution < 1.29 is 31.5 Å². The van der Waals surface area contributed by atoms with Crippen LogP contribution in [-0.2, 0) is 0 Å². The standard InChI is InChI=1S/C10H7F5O2/c1-5(11)9(16)6-3-2-4-7(8(6)12)17-10(13,14)15/h2-5H,1H3. The van der Waals surface area contributed by atoms with Gasteiger partial charge in [-0.25, -0.2) is 8.78 Å². The van der Waals surface area contributed by atoms with E-state index < -0.39 is 35.4 Å². The predicted molar refractivity (Wildman–Crippen MR) is 48.0 cm³/mol. The topological polar surface area (TPSA) is 26.3 Å². The van der Waals surface area contributed by atoms with Crippen LogP contribution < -0.4 is 4.74 Å². The van der Waals surface area contributed by atoms with Gasteiger partial charge in [-0.15, -0.1) is 13.2 Å². The zero-order valence-corrected chi connectivity index (χ0v) is 8.52. The van der Waals surface area contributed by atoms with Crippen LogP contribution in [0.5, 0.6) is 5.75 Å². The molecule has 7 heteroatoms. The second-order valence-corrected chi connectivity index (χ2v) is 3.15. The van der Waals surface area contributed by atoms with Crippen molar-refractivity contribution in [1.82, 2.24) is 0 Å². The lowest BCUT2D eigenvalue weighted by molar-refractivity contribution is -0.275. The Kier molecular flexibility index (Phi) is 3.69. The molecule has 0 aliphatic carbocycles. The van der Waals surface area contributed by atoms with E-state index in [1.807, 2.05) is 0 Å². The van der Waals surface area contributed by atoms with Crippen molar-refractivity contribution in [3.05, 3.63) is 29.6 Å². The van der Waals surface area contributed by atoms with Crippen LogP contribution in [0.2, 0.25) is 0 Å². The molecule has 0 spiro atoms. The van der Waals surface area contributed by atoms with Gasteiger partial charge in [-0.1, -0.05) is 6.07 Å². The summed E-state index contributed by atoms with van der Waals surface area (Å²) < 4.78 is 65.0. The summed E-state index contributed by atoms with van der Waals surface area (Å²) in [5.41, 5.74) is -0.776. The monoisotopic (exact) mass is 254 g/mol. The molecule has 1 aromatic rings. The molecule has 0 fully saturated rings. The summed E-state index contributed by atoms with van der Waals surface area (Å²) in [6.45, 7) is 0.860. The van der Waals surface area contributed by atoms with Crippen molar-refractivity contribution >= 4 is 5.78 Å². The highest BCUT2D eigenvalue weighted by Crippen LogP contribution is 2.27. The average molecular weight is 254 g/mol. The molecular weight excluding hydrogens is 247 g/mol. The number of hydrogen-bond acceptors (Lipinski definition) is 2. The van der Waals surface area contributed by atoms with Crippen molar-refractivity contribution in [2.75, 3.05) is 0 Å². The number of carbonyl (C=O) groups is 1. The normalized spacial score (nSPS) is 13.3. The third-order valence-electron chi connectivity index (χ3n) is 1.82. The van der Waals surface area contributed by atoms with Gasteiger partial charge >= 0.3 is 6.36 Å². The van der Waals surface area contributed by atoms with Gasteiger partial charge in [0.2, 0.25) is 0 Å². The molecule has 2 nitrogen and oxygen atoms in total. The molecule has 1 unspecified atom stereocenters. The number of rotatable bonds is 3. The van der Waals surface area contributed by atoms with E-state index >= 15 is 0 Å². The van der Waals surface area contributed by atoms with Crippen LogP contribution in [0.1, 0.15) is 17.3 Å². The van der Waals surface area contributed by atoms with E-state index in [9.17, 15) is 26.7 Å². The summed E-state index contributed by atoms with van der Waals surface area (Å²) in [6.07, 6.45) is -7.09. The van der Waals surface area contributed by atoms with Gasteiger partial charge in [0.1, 0.15) is 0 Å². The van der Waals surface area contributed by atoms with Crippen molar-refractivity contribution in [3.63, 3.8) is 0 Å². The third-order valence-corrected chi connectivity index (χ3v) is 1.82. The molecule has 0 amide bonds. The lowest BCUT2D eigenvalue weighted by atomic mass is 10.1. The fourth-order valence-corrected chi connectivity index (χ4v) is 1.12. The molecule has 94 valence electrons. The molecular formula is C10H7F5O2. The number of benzene rings is 1. The maximum absolute atomic E-state index is 13.4. The van der Waals surface area contributed by atoms with Crippen molar-refractivity contribution in [2.24, 2.45) is 0 Å². The lowest BCUT2D eigenvalue weighted by Gasteiger charge is -2.11. The largest absolute Gasteiger partial charge is 0.573 e. The van der Waals surface area contributed by atoms with E-state index in [1.165, 1.54) is 0 Å². The molecule has 0 N–H and O–H groups in total. The highest BCUT2D eigenvalue weighted by molar-refractivity contribution is 5.99. The highest BCUT2D eigenvalue weighted by Gasteiger charge is 2.33. The molecule has 0 saturated carbocycles. The van der Waals surface area contributed by atoms with Crippen LogP contribution in [0.3, 0.4) is 0 Å². The van der Waals surface area contributed by atoms with E-state index in [2.05, 4.69) is 4.74 Å². The van der Waals surface area contributed by atoms with Gasteiger partial charge in [-0.3, -0.25) is 4.79 Å². The summed E-state index contributed by atoms with van der Waals surface area (Å²) in [6, 6.07) is 2.55. The van der Waals surface area contributed by atoms with Crippen LogP contribution in [0, 0.1) is 5.82 Å². The van der Waals surface area contributed by atoms with Crippen molar-refractivity contribution in [3.8, 4) is 5.75 Å². The zero-order chi connectivity index (χ0) is 13.2. The van der Waals surface area contributed by atoms with Crippen LogP contribution in [-0.4, -0.2) is 18.3 Å². The first kappa shape index (κ1) is 13.4. The quantitative estimate of drug-likeness (QED) is 0.611. The van der Waals surface area contributed by atoms with E-state index in [0.717, 1.165) is 19.1 Å². The molecule has 1 atom stereocenters. The number of ketones is 1. The Morgan fingerprint density at radius 2 is 1.94 bits per heavy atom. The maximum Gasteiger partial charge on any atom is 0.573 e. The Morgan fingerprint density at radius 3 is 2.41 bits per heavy atom. The molecule has 0 saturated heterocycles. The van der Waals surface area contributed by atoms with Gasteiger partial charge in [-0.2, -0.15) is 0 Å². The minimum atomic E-state index is -5.08. The second-order valence-electron chi connectivity index (χ2n) is 3.15. The Labute approximate surface area is 93.0 Å². The van der Waals surface area contributed by atoms with Crippen LogP contribution in [0.15, 0.2) is 18.2 Å². The van der Waals surface area contributed by atoms with Gasteiger partial charge in [0, 0.05) is 0 Å². The molecule has 0 aromatic heterocycles. The van der Waals surface area contributed by atoms with E-state index in [-0.39, 0.29) is 0 Å². The number of alkyl halides is 4. The van der Waals surface area contributed by atoms with E-state index in [1.54, 1.807) is 0 Å². The summed E-state index contributed by atoms with van der Waals surface area (Å²) in [5, 5.41) is 0. The first-order chi connectivity index (χ1) is 7.72. The molecule has 0 aliphatic heterocycles. The fourth-order valence-electron chi connectivity index (χ4n) is 1.12. The van der Waals surface area contributed by atoms with Crippen LogP contribution >= 0.6 is 0 Å². The minimum absolute atomic E-state index is 0.697. The summed E-state index contributed by atoms with van der Waals surface area (Å²) >= 11 is 0. The Balaban J connectivity index is 3.12. The van der Waals surface area contributed by atoms with Crippen LogP contribution in [0.4, 0.5) is 22.0 Å². The molecule has 17 heavy (non-hydrogen) atoms.